The van der Waals surface area contributed by atoms with Crippen LogP contribution in [0.3, 0.4) is 0 Å². The van der Waals surface area contributed by atoms with Gasteiger partial charge < -0.3 is 24.4 Å². The molecule has 2 aromatic rings. The Bertz CT molecular complexity index is 1020. The molecule has 7 nitrogen and oxygen atoms in total. The van der Waals surface area contributed by atoms with Crippen LogP contribution < -0.4 is 9.47 Å². The Hall–Kier alpha value is -3.03. The number of likely N-dealkylation sites (tertiary alicyclic amines) is 1. The van der Waals surface area contributed by atoms with Crippen molar-refractivity contribution in [2.45, 2.75) is 12.5 Å². The SMILES string of the molecule is CN(C)CCCN1C(=O)C(=O)C(=C(O)c2ccc3c(c2)OCCO3)C1c1ccccc1.Cl. The topological polar surface area (TPSA) is 79.3 Å². The van der Waals surface area contributed by atoms with Crippen LogP contribution in [-0.4, -0.2) is 67.0 Å². The Balaban J connectivity index is 0.00000289. The number of benzene rings is 2. The molecular weight excluding hydrogens is 432 g/mol. The summed E-state index contributed by atoms with van der Waals surface area (Å²) in [5.41, 5.74) is 1.29. The van der Waals surface area contributed by atoms with Crippen LogP contribution in [0.4, 0.5) is 0 Å². The lowest BCUT2D eigenvalue weighted by atomic mass is 9.95. The number of halogens is 1. The molecule has 0 saturated carbocycles. The summed E-state index contributed by atoms with van der Waals surface area (Å²) in [6.07, 6.45) is 0.716. The number of ether oxygens (including phenoxy) is 2. The lowest BCUT2D eigenvalue weighted by Gasteiger charge is -2.26. The third-order valence-electron chi connectivity index (χ3n) is 5.48. The molecule has 1 fully saturated rings. The minimum atomic E-state index is -0.675. The molecule has 0 spiro atoms. The van der Waals surface area contributed by atoms with Gasteiger partial charge in [0.15, 0.2) is 11.5 Å². The van der Waals surface area contributed by atoms with Crippen LogP contribution in [0, 0.1) is 0 Å². The minimum absolute atomic E-state index is 0. The Morgan fingerprint density at radius 3 is 2.44 bits per heavy atom. The molecule has 0 bridgehead atoms. The summed E-state index contributed by atoms with van der Waals surface area (Å²) in [5.74, 6) is -0.379. The van der Waals surface area contributed by atoms with Crippen LogP contribution >= 0.6 is 12.4 Å². The highest BCUT2D eigenvalue weighted by atomic mass is 35.5. The van der Waals surface area contributed by atoms with E-state index < -0.39 is 17.7 Å². The molecule has 0 radical (unpaired) electrons. The van der Waals surface area contributed by atoms with Crippen LogP contribution in [0.2, 0.25) is 0 Å². The van der Waals surface area contributed by atoms with Crippen LogP contribution in [0.25, 0.3) is 5.76 Å². The van der Waals surface area contributed by atoms with E-state index in [4.69, 9.17) is 9.47 Å². The number of nitrogens with zero attached hydrogens (tertiary/aromatic N) is 2. The van der Waals surface area contributed by atoms with Crippen LogP contribution in [0.1, 0.15) is 23.6 Å². The first-order valence-electron chi connectivity index (χ1n) is 10.4. The van der Waals surface area contributed by atoms with Crippen molar-refractivity contribution in [3.63, 3.8) is 0 Å². The molecule has 4 rings (SSSR count). The van der Waals surface area contributed by atoms with E-state index >= 15 is 0 Å². The first kappa shape index (κ1) is 23.6. The van der Waals surface area contributed by atoms with Crippen molar-refractivity contribution in [2.75, 3.05) is 40.4 Å². The number of hydrogen-bond acceptors (Lipinski definition) is 6. The molecular formula is C24H27ClN2O5. The van der Waals surface area contributed by atoms with E-state index in [9.17, 15) is 14.7 Å². The number of carbonyl (C=O) groups is 2. The largest absolute Gasteiger partial charge is 0.507 e. The summed E-state index contributed by atoms with van der Waals surface area (Å²) in [6.45, 7) is 2.08. The maximum Gasteiger partial charge on any atom is 0.295 e. The van der Waals surface area contributed by atoms with Crippen LogP contribution in [0.5, 0.6) is 11.5 Å². The van der Waals surface area contributed by atoms with Crippen molar-refractivity contribution in [1.29, 1.82) is 0 Å². The van der Waals surface area contributed by atoms with Gasteiger partial charge in [0.2, 0.25) is 0 Å². The van der Waals surface area contributed by atoms with Gasteiger partial charge in [0.05, 0.1) is 11.6 Å². The van der Waals surface area contributed by atoms with Gasteiger partial charge in [-0.2, -0.15) is 0 Å². The lowest BCUT2D eigenvalue weighted by Crippen LogP contribution is -2.32. The van der Waals surface area contributed by atoms with Gasteiger partial charge in [-0.1, -0.05) is 30.3 Å². The maximum atomic E-state index is 13.0. The molecule has 1 N–H and O–H groups in total. The molecule has 1 unspecified atom stereocenters. The number of rotatable bonds is 6. The molecule has 0 aromatic heterocycles. The molecule has 2 aliphatic rings. The van der Waals surface area contributed by atoms with Crippen LogP contribution in [0.15, 0.2) is 54.1 Å². The van der Waals surface area contributed by atoms with Gasteiger partial charge in [-0.25, -0.2) is 0 Å². The zero-order valence-electron chi connectivity index (χ0n) is 18.1. The van der Waals surface area contributed by atoms with E-state index in [1.54, 1.807) is 23.1 Å². The molecule has 2 heterocycles. The highest BCUT2D eigenvalue weighted by Gasteiger charge is 2.45. The molecule has 8 heteroatoms. The average Bonchev–Trinajstić information content (AvgIpc) is 3.03. The fraction of sp³-hybridized carbons (Fsp3) is 0.333. The smallest absolute Gasteiger partial charge is 0.295 e. The number of ketones is 1. The van der Waals surface area contributed by atoms with Gasteiger partial charge in [0.1, 0.15) is 19.0 Å². The van der Waals surface area contributed by atoms with Crippen LogP contribution in [-0.2, 0) is 9.59 Å². The number of Topliss-reactive ketones (excluding diaryl/α,β-unsaturated/α-hetero) is 1. The second-order valence-corrected chi connectivity index (χ2v) is 7.92. The molecule has 2 aromatic carbocycles. The standard InChI is InChI=1S/C24H26N2O5.ClH/c1-25(2)11-6-12-26-21(16-7-4-3-5-8-16)20(23(28)24(26)29)22(27)17-9-10-18-19(15-17)31-14-13-30-18;/h3-5,7-10,15,21,27H,6,11-14H2,1-2H3;1H. The zero-order chi connectivity index (χ0) is 22.0. The lowest BCUT2D eigenvalue weighted by molar-refractivity contribution is -0.139. The van der Waals surface area contributed by atoms with Crippen molar-refractivity contribution >= 4 is 29.9 Å². The predicted octanol–water partition coefficient (Wildman–Crippen LogP) is 3.25. The summed E-state index contributed by atoms with van der Waals surface area (Å²) in [6, 6.07) is 13.7. The number of hydrogen-bond donors (Lipinski definition) is 1. The second-order valence-electron chi connectivity index (χ2n) is 7.92. The van der Waals surface area contributed by atoms with Gasteiger partial charge in [0.25, 0.3) is 11.7 Å². The second kappa shape index (κ2) is 10.1. The van der Waals surface area contributed by atoms with Gasteiger partial charge in [0, 0.05) is 12.1 Å². The number of fused-ring (bicyclic) bond motifs is 1. The van der Waals surface area contributed by atoms with Gasteiger partial charge in [-0.3, -0.25) is 9.59 Å². The number of amides is 1. The van der Waals surface area contributed by atoms with E-state index in [1.165, 1.54) is 0 Å². The fourth-order valence-electron chi connectivity index (χ4n) is 4.00. The van der Waals surface area contributed by atoms with E-state index in [2.05, 4.69) is 0 Å². The monoisotopic (exact) mass is 458 g/mol. The van der Waals surface area contributed by atoms with Gasteiger partial charge >= 0.3 is 0 Å². The molecule has 2 aliphatic heterocycles. The number of carbonyl (C=O) groups excluding carboxylic acids is 2. The number of aliphatic hydroxyl groups excluding tert-OH is 1. The maximum absolute atomic E-state index is 13.0. The summed E-state index contributed by atoms with van der Waals surface area (Å²) in [7, 11) is 3.93. The molecule has 1 saturated heterocycles. The first-order valence-corrected chi connectivity index (χ1v) is 10.4. The van der Waals surface area contributed by atoms with Crippen molar-refractivity contribution in [1.82, 2.24) is 9.80 Å². The van der Waals surface area contributed by atoms with Crippen molar-refractivity contribution in [3.05, 3.63) is 65.2 Å². The zero-order valence-corrected chi connectivity index (χ0v) is 18.9. The van der Waals surface area contributed by atoms with E-state index in [0.717, 1.165) is 12.1 Å². The van der Waals surface area contributed by atoms with Gasteiger partial charge in [-0.05, 0) is 50.8 Å². The molecule has 170 valence electrons. The normalized spacial score (nSPS) is 19.2. The average molecular weight is 459 g/mol. The third-order valence-corrected chi connectivity index (χ3v) is 5.48. The van der Waals surface area contributed by atoms with E-state index in [1.807, 2.05) is 49.3 Å². The number of aliphatic hydroxyl groups is 1. The van der Waals surface area contributed by atoms with Crippen molar-refractivity contribution in [3.8, 4) is 11.5 Å². The molecule has 1 atom stereocenters. The summed E-state index contributed by atoms with van der Waals surface area (Å²) < 4.78 is 11.1. The molecule has 1 amide bonds. The Morgan fingerprint density at radius 1 is 1.06 bits per heavy atom. The first-order chi connectivity index (χ1) is 15.0. The van der Waals surface area contributed by atoms with Crippen molar-refractivity contribution < 1.29 is 24.2 Å². The Morgan fingerprint density at radius 2 is 1.75 bits per heavy atom. The summed E-state index contributed by atoms with van der Waals surface area (Å²) in [5, 5.41) is 11.1. The predicted molar refractivity (Wildman–Crippen MR) is 123 cm³/mol. The highest BCUT2D eigenvalue weighted by Crippen LogP contribution is 2.41. The van der Waals surface area contributed by atoms with Gasteiger partial charge in [-0.15, -0.1) is 12.4 Å². The Labute approximate surface area is 193 Å². The quantitative estimate of drug-likeness (QED) is 0.406. The van der Waals surface area contributed by atoms with E-state index in [0.29, 0.717) is 43.2 Å². The third kappa shape index (κ3) is 4.59. The van der Waals surface area contributed by atoms with E-state index in [-0.39, 0.29) is 23.7 Å². The highest BCUT2D eigenvalue weighted by molar-refractivity contribution is 6.46. The summed E-state index contributed by atoms with van der Waals surface area (Å²) >= 11 is 0. The molecule has 0 aliphatic carbocycles. The fourth-order valence-corrected chi connectivity index (χ4v) is 4.00. The Kier molecular flexibility index (Phi) is 7.43. The van der Waals surface area contributed by atoms with Crippen molar-refractivity contribution in [2.24, 2.45) is 0 Å². The summed E-state index contributed by atoms with van der Waals surface area (Å²) in [4.78, 5) is 29.5. The minimum Gasteiger partial charge on any atom is -0.507 e. The molecule has 32 heavy (non-hydrogen) atoms.